The van der Waals surface area contributed by atoms with Crippen LogP contribution in [0.5, 0.6) is 0 Å². The molecule has 0 saturated carbocycles. The molecular weight excluding hydrogens is 268 g/mol. The summed E-state index contributed by atoms with van der Waals surface area (Å²) in [5.41, 5.74) is 1.17. The van der Waals surface area contributed by atoms with Gasteiger partial charge in [-0.2, -0.15) is 0 Å². The molecule has 1 fully saturated rings. The summed E-state index contributed by atoms with van der Waals surface area (Å²) in [5.74, 6) is -0.201. The van der Waals surface area contributed by atoms with Crippen LogP contribution >= 0.6 is 0 Å². The average Bonchev–Trinajstić information content (AvgIpc) is 2.48. The van der Waals surface area contributed by atoms with Crippen LogP contribution in [0.1, 0.15) is 36.5 Å². The number of hydrogen-bond acceptors (Lipinski definition) is 4. The van der Waals surface area contributed by atoms with Gasteiger partial charge in [0.2, 0.25) is 5.91 Å². The molecule has 1 N–H and O–H groups in total. The summed E-state index contributed by atoms with van der Waals surface area (Å²) in [6.07, 6.45) is 3.78. The van der Waals surface area contributed by atoms with Gasteiger partial charge in [0.05, 0.1) is 12.6 Å². The summed E-state index contributed by atoms with van der Waals surface area (Å²) in [6, 6.07) is 6.70. The maximum absolute atomic E-state index is 12.1. The van der Waals surface area contributed by atoms with E-state index in [-0.39, 0.29) is 24.3 Å². The minimum absolute atomic E-state index is 0.0388. The number of carbonyl (C=O) groups is 3. The minimum Gasteiger partial charge on any atom is -0.325 e. The highest BCUT2D eigenvalue weighted by Crippen LogP contribution is 2.16. The van der Waals surface area contributed by atoms with Crippen molar-refractivity contribution in [1.29, 1.82) is 0 Å². The molecule has 112 valence electrons. The van der Waals surface area contributed by atoms with Gasteiger partial charge in [-0.3, -0.25) is 14.5 Å². The first kappa shape index (κ1) is 15.4. The fourth-order valence-electron chi connectivity index (χ4n) is 2.57. The Kier molecular flexibility index (Phi) is 5.22. The third kappa shape index (κ3) is 4.23. The maximum Gasteiger partial charge on any atom is 0.238 e. The number of piperidine rings is 1. The number of likely N-dealkylation sites (tertiary alicyclic amines) is 1. The Balaban J connectivity index is 1.96. The molecule has 1 aliphatic rings. The van der Waals surface area contributed by atoms with Crippen molar-refractivity contribution < 1.29 is 14.4 Å². The monoisotopic (exact) mass is 288 g/mol. The molecule has 1 aromatic rings. The Morgan fingerprint density at radius 1 is 1.38 bits per heavy atom. The van der Waals surface area contributed by atoms with Gasteiger partial charge in [0.1, 0.15) is 6.29 Å². The number of nitrogens with one attached hydrogen (secondary N) is 1. The van der Waals surface area contributed by atoms with Crippen molar-refractivity contribution in [3.05, 3.63) is 29.8 Å². The van der Waals surface area contributed by atoms with E-state index in [9.17, 15) is 14.4 Å². The molecule has 21 heavy (non-hydrogen) atoms. The standard InChI is InChI=1S/C16H20N2O3/c1-12(20)13-5-4-6-14(9-13)17-16(21)10-18-8-3-2-7-15(18)11-19/h4-6,9,11,15H,2-3,7-8,10H2,1H3,(H,17,21). The van der Waals surface area contributed by atoms with E-state index in [4.69, 9.17) is 0 Å². The second-order valence-electron chi connectivity index (χ2n) is 5.35. The number of rotatable bonds is 5. The van der Waals surface area contributed by atoms with Gasteiger partial charge < -0.3 is 10.1 Å². The lowest BCUT2D eigenvalue weighted by molar-refractivity contribution is -0.120. The second kappa shape index (κ2) is 7.13. The molecule has 2 rings (SSSR count). The van der Waals surface area contributed by atoms with Crippen LogP contribution in [0.15, 0.2) is 24.3 Å². The molecule has 1 heterocycles. The average molecular weight is 288 g/mol. The van der Waals surface area contributed by atoms with Crippen LogP contribution in [0.2, 0.25) is 0 Å². The lowest BCUT2D eigenvalue weighted by Gasteiger charge is -2.31. The van der Waals surface area contributed by atoms with Gasteiger partial charge in [-0.1, -0.05) is 18.6 Å². The van der Waals surface area contributed by atoms with E-state index in [1.54, 1.807) is 24.3 Å². The molecule has 1 amide bonds. The summed E-state index contributed by atoms with van der Waals surface area (Å²) < 4.78 is 0. The van der Waals surface area contributed by atoms with Gasteiger partial charge in [-0.25, -0.2) is 0 Å². The van der Waals surface area contributed by atoms with Gasteiger partial charge in [0.25, 0.3) is 0 Å². The first-order valence-electron chi connectivity index (χ1n) is 7.20. The SMILES string of the molecule is CC(=O)c1cccc(NC(=O)CN2CCCCC2C=O)c1. The van der Waals surface area contributed by atoms with Crippen LogP contribution in [-0.4, -0.2) is 42.0 Å². The minimum atomic E-state index is -0.163. The molecule has 0 radical (unpaired) electrons. The van der Waals surface area contributed by atoms with E-state index in [0.29, 0.717) is 11.3 Å². The number of ketones is 1. The molecule has 5 nitrogen and oxygen atoms in total. The first-order chi connectivity index (χ1) is 10.1. The number of amides is 1. The maximum atomic E-state index is 12.1. The number of benzene rings is 1. The smallest absolute Gasteiger partial charge is 0.238 e. The molecule has 1 unspecified atom stereocenters. The zero-order valence-corrected chi connectivity index (χ0v) is 12.2. The molecule has 0 aromatic heterocycles. The van der Waals surface area contributed by atoms with E-state index in [1.165, 1.54) is 6.92 Å². The van der Waals surface area contributed by atoms with Crippen LogP contribution in [0.4, 0.5) is 5.69 Å². The number of Topliss-reactive ketones (excluding diaryl/α,β-unsaturated/α-hetero) is 1. The molecule has 1 aromatic carbocycles. The Hall–Kier alpha value is -2.01. The van der Waals surface area contributed by atoms with Crippen LogP contribution in [-0.2, 0) is 9.59 Å². The van der Waals surface area contributed by atoms with E-state index in [2.05, 4.69) is 5.32 Å². The van der Waals surface area contributed by atoms with Crippen molar-refractivity contribution in [3.8, 4) is 0 Å². The quantitative estimate of drug-likeness (QED) is 0.663. The summed E-state index contributed by atoms with van der Waals surface area (Å²) in [4.78, 5) is 36.3. The third-order valence-corrected chi connectivity index (χ3v) is 3.72. The van der Waals surface area contributed by atoms with E-state index >= 15 is 0 Å². The van der Waals surface area contributed by atoms with Crippen molar-refractivity contribution in [2.45, 2.75) is 32.2 Å². The number of hydrogen-bond donors (Lipinski definition) is 1. The van der Waals surface area contributed by atoms with Crippen molar-refractivity contribution in [2.24, 2.45) is 0 Å². The van der Waals surface area contributed by atoms with Crippen molar-refractivity contribution in [2.75, 3.05) is 18.4 Å². The van der Waals surface area contributed by atoms with Crippen LogP contribution < -0.4 is 5.32 Å². The van der Waals surface area contributed by atoms with Crippen molar-refractivity contribution >= 4 is 23.7 Å². The molecule has 1 saturated heterocycles. The highest BCUT2D eigenvalue weighted by atomic mass is 16.2. The highest BCUT2D eigenvalue weighted by molar-refractivity contribution is 5.97. The molecular formula is C16H20N2O3. The van der Waals surface area contributed by atoms with Crippen LogP contribution in [0, 0.1) is 0 Å². The normalized spacial score (nSPS) is 19.0. The van der Waals surface area contributed by atoms with E-state index in [0.717, 1.165) is 32.1 Å². The van der Waals surface area contributed by atoms with Crippen LogP contribution in [0.25, 0.3) is 0 Å². The molecule has 0 spiro atoms. The van der Waals surface area contributed by atoms with Crippen molar-refractivity contribution in [3.63, 3.8) is 0 Å². The summed E-state index contributed by atoms with van der Waals surface area (Å²) in [6.45, 7) is 2.46. The molecule has 0 bridgehead atoms. The second-order valence-corrected chi connectivity index (χ2v) is 5.35. The highest BCUT2D eigenvalue weighted by Gasteiger charge is 2.23. The first-order valence-corrected chi connectivity index (χ1v) is 7.20. The number of nitrogens with zero attached hydrogens (tertiary/aromatic N) is 1. The Bertz CT molecular complexity index is 542. The number of anilines is 1. The van der Waals surface area contributed by atoms with Gasteiger partial charge in [-0.15, -0.1) is 0 Å². The Morgan fingerprint density at radius 2 is 2.19 bits per heavy atom. The van der Waals surface area contributed by atoms with Gasteiger partial charge >= 0.3 is 0 Å². The third-order valence-electron chi connectivity index (χ3n) is 3.72. The molecule has 1 atom stereocenters. The molecule has 1 aliphatic heterocycles. The predicted molar refractivity (Wildman–Crippen MR) is 80.4 cm³/mol. The molecule has 5 heteroatoms. The van der Waals surface area contributed by atoms with Gasteiger partial charge in [-0.05, 0) is 38.4 Å². The van der Waals surface area contributed by atoms with E-state index in [1.807, 2.05) is 4.90 Å². The Labute approximate surface area is 124 Å². The predicted octanol–water partition coefficient (Wildman–Crippen LogP) is 1.88. The summed E-state index contributed by atoms with van der Waals surface area (Å²) in [5, 5.41) is 2.78. The van der Waals surface area contributed by atoms with E-state index < -0.39 is 0 Å². The summed E-state index contributed by atoms with van der Waals surface area (Å²) >= 11 is 0. The lowest BCUT2D eigenvalue weighted by atomic mass is 10.0. The topological polar surface area (TPSA) is 66.5 Å². The number of aldehydes is 1. The fourth-order valence-corrected chi connectivity index (χ4v) is 2.57. The zero-order valence-electron chi connectivity index (χ0n) is 12.2. The van der Waals surface area contributed by atoms with Gasteiger partial charge in [0.15, 0.2) is 5.78 Å². The molecule has 0 aliphatic carbocycles. The van der Waals surface area contributed by atoms with Crippen LogP contribution in [0.3, 0.4) is 0 Å². The fraction of sp³-hybridized carbons (Fsp3) is 0.438. The largest absolute Gasteiger partial charge is 0.325 e. The lowest BCUT2D eigenvalue weighted by Crippen LogP contribution is -2.44. The Morgan fingerprint density at radius 3 is 2.90 bits per heavy atom. The van der Waals surface area contributed by atoms with Gasteiger partial charge in [0, 0.05) is 11.3 Å². The zero-order chi connectivity index (χ0) is 15.2. The number of carbonyl (C=O) groups excluding carboxylic acids is 3. The summed E-state index contributed by atoms with van der Waals surface area (Å²) in [7, 11) is 0. The van der Waals surface area contributed by atoms with Crippen molar-refractivity contribution in [1.82, 2.24) is 4.90 Å².